The molecule has 0 fully saturated rings. The maximum atomic E-state index is 12.3. The molecule has 0 atom stereocenters. The predicted molar refractivity (Wildman–Crippen MR) is 129 cm³/mol. The van der Waals surface area contributed by atoms with Crippen LogP contribution in [0.3, 0.4) is 0 Å². The summed E-state index contributed by atoms with van der Waals surface area (Å²) in [5.41, 5.74) is 2.60. The van der Waals surface area contributed by atoms with Crippen LogP contribution in [0.25, 0.3) is 11.3 Å². The van der Waals surface area contributed by atoms with E-state index in [2.05, 4.69) is 15.0 Å². The van der Waals surface area contributed by atoms with Crippen molar-refractivity contribution in [3.8, 4) is 17.0 Å². The number of anilines is 1. The molecule has 1 aromatic heterocycles. The van der Waals surface area contributed by atoms with Gasteiger partial charge in [-0.25, -0.2) is 18.1 Å². The first-order chi connectivity index (χ1) is 15.9. The zero-order valence-electron chi connectivity index (χ0n) is 18.5. The van der Waals surface area contributed by atoms with E-state index >= 15 is 0 Å². The Balaban J connectivity index is 1.49. The summed E-state index contributed by atoms with van der Waals surface area (Å²) in [6, 6.07) is 14.1. The number of ether oxygens (including phenoxy) is 2. The van der Waals surface area contributed by atoms with Crippen LogP contribution in [-0.4, -0.2) is 46.7 Å². The number of hydrogen-bond donors (Lipinski definition) is 2. The van der Waals surface area contributed by atoms with E-state index in [9.17, 15) is 13.2 Å². The Labute approximate surface area is 198 Å². The first-order valence-electron chi connectivity index (χ1n) is 10.4. The van der Waals surface area contributed by atoms with E-state index in [4.69, 9.17) is 9.47 Å². The number of amides is 1. The Kier molecular flexibility index (Phi) is 8.95. The molecule has 0 aliphatic carbocycles. The zero-order valence-corrected chi connectivity index (χ0v) is 20.2. The van der Waals surface area contributed by atoms with E-state index in [-0.39, 0.29) is 17.2 Å². The normalized spacial score (nSPS) is 11.3. The molecule has 0 aliphatic heterocycles. The summed E-state index contributed by atoms with van der Waals surface area (Å²) in [7, 11) is -0.363. The minimum absolute atomic E-state index is 0.151. The third kappa shape index (κ3) is 7.36. The second-order valence-corrected chi connectivity index (χ2v) is 9.83. The minimum atomic E-state index is -3.55. The SMILES string of the molecule is COCCCNS(=O)(=O)c1ccc(CCC(=O)Nc2nc(-c3ccc(OC)cc3)cs2)cc1. The van der Waals surface area contributed by atoms with Crippen LogP contribution in [0.5, 0.6) is 5.75 Å². The fourth-order valence-corrected chi connectivity index (χ4v) is 4.82. The van der Waals surface area contributed by atoms with Crippen LogP contribution < -0.4 is 14.8 Å². The monoisotopic (exact) mass is 489 g/mol. The molecule has 0 saturated carbocycles. The number of nitrogens with one attached hydrogen (secondary N) is 2. The number of nitrogens with zero attached hydrogens (tertiary/aromatic N) is 1. The predicted octanol–water partition coefficient (Wildman–Crippen LogP) is 3.70. The second kappa shape index (κ2) is 11.9. The zero-order chi connectivity index (χ0) is 23.7. The number of hydrogen-bond acceptors (Lipinski definition) is 7. The van der Waals surface area contributed by atoms with E-state index < -0.39 is 10.0 Å². The van der Waals surface area contributed by atoms with E-state index in [0.29, 0.717) is 31.1 Å². The van der Waals surface area contributed by atoms with Crippen LogP contribution in [-0.2, 0) is 26.0 Å². The van der Waals surface area contributed by atoms with Gasteiger partial charge in [0.15, 0.2) is 5.13 Å². The van der Waals surface area contributed by atoms with Crippen molar-refractivity contribution in [2.24, 2.45) is 0 Å². The second-order valence-electron chi connectivity index (χ2n) is 7.20. The number of rotatable bonds is 12. The average Bonchev–Trinajstić information content (AvgIpc) is 3.29. The summed E-state index contributed by atoms with van der Waals surface area (Å²) in [4.78, 5) is 17.0. The highest BCUT2D eigenvalue weighted by Gasteiger charge is 2.13. The van der Waals surface area contributed by atoms with Crippen molar-refractivity contribution in [1.29, 1.82) is 0 Å². The molecule has 0 saturated heterocycles. The first-order valence-corrected chi connectivity index (χ1v) is 12.7. The van der Waals surface area contributed by atoms with Gasteiger partial charge in [-0.2, -0.15) is 0 Å². The first kappa shape index (κ1) is 24.8. The van der Waals surface area contributed by atoms with Gasteiger partial charge in [-0.15, -0.1) is 11.3 Å². The highest BCUT2D eigenvalue weighted by Crippen LogP contribution is 2.26. The highest BCUT2D eigenvalue weighted by atomic mass is 32.2. The molecule has 0 unspecified atom stereocenters. The van der Waals surface area contributed by atoms with Crippen LogP contribution in [0, 0.1) is 0 Å². The van der Waals surface area contributed by atoms with Crippen molar-refractivity contribution in [3.63, 3.8) is 0 Å². The largest absolute Gasteiger partial charge is 0.497 e. The maximum absolute atomic E-state index is 12.3. The van der Waals surface area contributed by atoms with Gasteiger partial charge in [0, 0.05) is 37.6 Å². The van der Waals surface area contributed by atoms with Gasteiger partial charge < -0.3 is 14.8 Å². The fourth-order valence-electron chi connectivity index (χ4n) is 3.01. The Morgan fingerprint density at radius 3 is 2.45 bits per heavy atom. The van der Waals surface area contributed by atoms with Crippen LogP contribution >= 0.6 is 11.3 Å². The van der Waals surface area contributed by atoms with Crippen molar-refractivity contribution in [2.45, 2.75) is 24.2 Å². The number of carbonyl (C=O) groups is 1. The summed E-state index contributed by atoms with van der Waals surface area (Å²) >= 11 is 1.36. The molecule has 3 rings (SSSR count). The van der Waals surface area contributed by atoms with E-state index in [1.54, 1.807) is 38.5 Å². The number of methoxy groups -OCH3 is 2. The number of aromatic nitrogens is 1. The van der Waals surface area contributed by atoms with Gasteiger partial charge in [-0.05, 0) is 54.8 Å². The Hall–Kier alpha value is -2.79. The summed E-state index contributed by atoms with van der Waals surface area (Å²) in [6.07, 6.45) is 1.35. The average molecular weight is 490 g/mol. The topological polar surface area (TPSA) is 107 Å². The van der Waals surface area contributed by atoms with Gasteiger partial charge in [0.25, 0.3) is 0 Å². The number of aryl methyl sites for hydroxylation is 1. The van der Waals surface area contributed by atoms with Gasteiger partial charge in [0.1, 0.15) is 5.75 Å². The molecular formula is C23H27N3O5S2. The smallest absolute Gasteiger partial charge is 0.240 e. The maximum Gasteiger partial charge on any atom is 0.240 e. The molecule has 0 spiro atoms. The van der Waals surface area contributed by atoms with Gasteiger partial charge in [-0.3, -0.25) is 4.79 Å². The molecule has 8 nitrogen and oxygen atoms in total. The van der Waals surface area contributed by atoms with Crippen LogP contribution in [0.2, 0.25) is 0 Å². The Morgan fingerprint density at radius 2 is 1.79 bits per heavy atom. The van der Waals surface area contributed by atoms with Crippen LogP contribution in [0.4, 0.5) is 5.13 Å². The lowest BCUT2D eigenvalue weighted by Gasteiger charge is -2.08. The lowest BCUT2D eigenvalue weighted by molar-refractivity contribution is -0.116. The minimum Gasteiger partial charge on any atom is -0.497 e. The molecule has 33 heavy (non-hydrogen) atoms. The van der Waals surface area contributed by atoms with E-state index in [0.717, 1.165) is 22.6 Å². The molecule has 3 aromatic rings. The lowest BCUT2D eigenvalue weighted by atomic mass is 10.1. The summed E-state index contributed by atoms with van der Waals surface area (Å²) in [6.45, 7) is 0.808. The molecule has 0 aliphatic rings. The van der Waals surface area contributed by atoms with E-state index in [1.165, 1.54) is 11.3 Å². The third-order valence-corrected chi connectivity index (χ3v) is 7.06. The number of thiazole rings is 1. The van der Waals surface area contributed by atoms with Gasteiger partial charge in [0.05, 0.1) is 17.7 Å². The van der Waals surface area contributed by atoms with Crippen molar-refractivity contribution in [1.82, 2.24) is 9.71 Å². The van der Waals surface area contributed by atoms with Gasteiger partial charge in [0.2, 0.25) is 15.9 Å². The molecule has 1 amide bonds. The molecule has 1 heterocycles. The molecule has 0 bridgehead atoms. The molecule has 10 heteroatoms. The summed E-state index contributed by atoms with van der Waals surface area (Å²) in [5, 5.41) is 5.24. The van der Waals surface area contributed by atoms with Crippen molar-refractivity contribution < 1.29 is 22.7 Å². The standard InChI is InChI=1S/C23H27N3O5S2/c1-30-15-3-14-24-33(28,29)20-11-4-17(5-12-20)6-13-22(27)26-23-25-21(16-32-23)18-7-9-19(31-2)10-8-18/h4-5,7-12,16,24H,3,6,13-15H2,1-2H3,(H,25,26,27). The molecule has 2 aromatic carbocycles. The van der Waals surface area contributed by atoms with Gasteiger partial charge >= 0.3 is 0 Å². The Morgan fingerprint density at radius 1 is 1.06 bits per heavy atom. The molecule has 2 N–H and O–H groups in total. The molecule has 176 valence electrons. The Bertz CT molecular complexity index is 1140. The summed E-state index contributed by atoms with van der Waals surface area (Å²) in [5.74, 6) is 0.619. The van der Waals surface area contributed by atoms with E-state index in [1.807, 2.05) is 29.6 Å². The van der Waals surface area contributed by atoms with Crippen molar-refractivity contribution >= 4 is 32.4 Å². The third-order valence-electron chi connectivity index (χ3n) is 4.83. The van der Waals surface area contributed by atoms with Crippen LogP contribution in [0.1, 0.15) is 18.4 Å². The number of sulfonamides is 1. The summed E-state index contributed by atoms with van der Waals surface area (Å²) < 4.78 is 37.2. The highest BCUT2D eigenvalue weighted by molar-refractivity contribution is 7.89. The quantitative estimate of drug-likeness (QED) is 0.376. The van der Waals surface area contributed by atoms with Gasteiger partial charge in [-0.1, -0.05) is 12.1 Å². The lowest BCUT2D eigenvalue weighted by Crippen LogP contribution is -2.25. The number of carbonyl (C=O) groups excluding carboxylic acids is 1. The molecular weight excluding hydrogens is 462 g/mol. The van der Waals surface area contributed by atoms with Crippen molar-refractivity contribution in [2.75, 3.05) is 32.7 Å². The number of benzene rings is 2. The molecule has 0 radical (unpaired) electrons. The van der Waals surface area contributed by atoms with Crippen molar-refractivity contribution in [3.05, 3.63) is 59.5 Å². The van der Waals surface area contributed by atoms with Crippen LogP contribution in [0.15, 0.2) is 58.8 Å². The fraction of sp³-hybridized carbons (Fsp3) is 0.304.